The molecule has 2 aromatic rings. The molecule has 0 fully saturated rings. The van der Waals surface area contributed by atoms with Gasteiger partial charge in [-0.15, -0.1) is 10.2 Å². The zero-order valence-corrected chi connectivity index (χ0v) is 12.3. The molecule has 0 aliphatic rings. The highest BCUT2D eigenvalue weighted by molar-refractivity contribution is 5.92. The lowest BCUT2D eigenvalue weighted by Gasteiger charge is -2.20. The molecule has 1 aromatic carbocycles. The fourth-order valence-corrected chi connectivity index (χ4v) is 1.95. The van der Waals surface area contributed by atoms with Crippen LogP contribution in [0.5, 0.6) is 5.88 Å². The van der Waals surface area contributed by atoms with Gasteiger partial charge in [0.15, 0.2) is 5.69 Å². The molecule has 0 unspecified atom stereocenters. The highest BCUT2D eigenvalue weighted by Gasteiger charge is 2.16. The first-order valence-corrected chi connectivity index (χ1v) is 7.04. The van der Waals surface area contributed by atoms with Crippen molar-refractivity contribution >= 4 is 5.91 Å². The molecule has 0 spiro atoms. The smallest absolute Gasteiger partial charge is 0.274 e. The van der Waals surface area contributed by atoms with Gasteiger partial charge in [-0.1, -0.05) is 30.3 Å². The average molecular weight is 285 g/mol. The van der Waals surface area contributed by atoms with Crippen LogP contribution in [0.25, 0.3) is 0 Å². The number of nitrogens with zero attached hydrogens (tertiary/aromatic N) is 3. The van der Waals surface area contributed by atoms with Gasteiger partial charge in [-0.2, -0.15) is 0 Å². The maximum absolute atomic E-state index is 12.4. The molecule has 1 amide bonds. The molecule has 0 bridgehead atoms. The van der Waals surface area contributed by atoms with Crippen LogP contribution < -0.4 is 4.74 Å². The van der Waals surface area contributed by atoms with Crippen LogP contribution in [0.15, 0.2) is 42.5 Å². The molecule has 1 aromatic heterocycles. The first-order valence-electron chi connectivity index (χ1n) is 7.04. The molecule has 5 nitrogen and oxygen atoms in total. The fourth-order valence-electron chi connectivity index (χ4n) is 1.95. The molecule has 0 saturated carbocycles. The Morgan fingerprint density at radius 2 is 1.86 bits per heavy atom. The number of carbonyl (C=O) groups is 1. The highest BCUT2D eigenvalue weighted by atomic mass is 16.5. The Morgan fingerprint density at radius 1 is 1.10 bits per heavy atom. The van der Waals surface area contributed by atoms with E-state index in [-0.39, 0.29) is 5.91 Å². The van der Waals surface area contributed by atoms with Crippen molar-refractivity contribution in [3.63, 3.8) is 0 Å². The monoisotopic (exact) mass is 285 g/mol. The molecule has 0 radical (unpaired) electrons. The molecule has 0 aliphatic carbocycles. The molecule has 1 heterocycles. The van der Waals surface area contributed by atoms with Gasteiger partial charge in [0, 0.05) is 19.2 Å². The van der Waals surface area contributed by atoms with Crippen molar-refractivity contribution in [2.45, 2.75) is 20.4 Å². The lowest BCUT2D eigenvalue weighted by Crippen LogP contribution is -2.31. The minimum Gasteiger partial charge on any atom is -0.477 e. The van der Waals surface area contributed by atoms with E-state index in [1.54, 1.807) is 17.0 Å². The molecular formula is C16H19N3O2. The number of hydrogen-bond acceptors (Lipinski definition) is 4. The average Bonchev–Trinajstić information content (AvgIpc) is 2.54. The van der Waals surface area contributed by atoms with Gasteiger partial charge in [0.25, 0.3) is 5.91 Å². The first kappa shape index (κ1) is 15.0. The Bertz CT molecular complexity index is 570. The van der Waals surface area contributed by atoms with Gasteiger partial charge in [-0.3, -0.25) is 4.79 Å². The van der Waals surface area contributed by atoms with Crippen molar-refractivity contribution in [3.05, 3.63) is 53.7 Å². The van der Waals surface area contributed by atoms with Gasteiger partial charge in [0.2, 0.25) is 5.88 Å². The lowest BCUT2D eigenvalue weighted by molar-refractivity contribution is 0.0745. The Labute approximate surface area is 124 Å². The van der Waals surface area contributed by atoms with Crippen LogP contribution >= 0.6 is 0 Å². The van der Waals surface area contributed by atoms with Crippen LogP contribution in [0.1, 0.15) is 29.9 Å². The second-order valence-corrected chi connectivity index (χ2v) is 4.49. The van der Waals surface area contributed by atoms with E-state index >= 15 is 0 Å². The Balaban J connectivity index is 2.08. The van der Waals surface area contributed by atoms with E-state index in [0.717, 1.165) is 5.56 Å². The first-order chi connectivity index (χ1) is 10.2. The quantitative estimate of drug-likeness (QED) is 0.818. The van der Waals surface area contributed by atoms with Crippen molar-refractivity contribution in [3.8, 4) is 5.88 Å². The summed E-state index contributed by atoms with van der Waals surface area (Å²) in [4.78, 5) is 14.2. The van der Waals surface area contributed by atoms with Gasteiger partial charge in [-0.25, -0.2) is 0 Å². The van der Waals surface area contributed by atoms with Gasteiger partial charge < -0.3 is 9.64 Å². The number of ether oxygens (including phenoxy) is 1. The predicted octanol–water partition coefficient (Wildman–Crippen LogP) is 2.54. The van der Waals surface area contributed by atoms with E-state index in [1.807, 2.05) is 44.2 Å². The maximum Gasteiger partial charge on any atom is 0.274 e. The normalized spacial score (nSPS) is 10.2. The van der Waals surface area contributed by atoms with E-state index in [9.17, 15) is 4.79 Å². The molecule has 0 saturated heterocycles. The van der Waals surface area contributed by atoms with E-state index in [4.69, 9.17) is 4.74 Å². The summed E-state index contributed by atoms with van der Waals surface area (Å²) in [5.74, 6) is 0.303. The second kappa shape index (κ2) is 7.38. The Kier molecular flexibility index (Phi) is 5.26. The summed E-state index contributed by atoms with van der Waals surface area (Å²) in [6, 6.07) is 13.2. The predicted molar refractivity (Wildman–Crippen MR) is 80.1 cm³/mol. The van der Waals surface area contributed by atoms with Crippen molar-refractivity contribution in [2.75, 3.05) is 13.2 Å². The zero-order chi connectivity index (χ0) is 15.1. The largest absolute Gasteiger partial charge is 0.477 e. The van der Waals surface area contributed by atoms with Crippen molar-refractivity contribution < 1.29 is 9.53 Å². The van der Waals surface area contributed by atoms with Gasteiger partial charge in [-0.05, 0) is 25.5 Å². The van der Waals surface area contributed by atoms with E-state index in [0.29, 0.717) is 31.3 Å². The van der Waals surface area contributed by atoms with Gasteiger partial charge >= 0.3 is 0 Å². The standard InChI is InChI=1S/C16H19N3O2/c1-3-19(12-13-8-6-5-7-9-13)16(20)14-10-11-15(18-17-14)21-4-2/h5-11H,3-4,12H2,1-2H3. The molecular weight excluding hydrogens is 266 g/mol. The topological polar surface area (TPSA) is 55.3 Å². The van der Waals surface area contributed by atoms with E-state index in [1.165, 1.54) is 0 Å². The number of hydrogen-bond donors (Lipinski definition) is 0. The van der Waals surface area contributed by atoms with Crippen LogP contribution in [-0.2, 0) is 6.54 Å². The number of benzene rings is 1. The fraction of sp³-hybridized carbons (Fsp3) is 0.312. The van der Waals surface area contributed by atoms with Crippen molar-refractivity contribution in [1.82, 2.24) is 15.1 Å². The zero-order valence-electron chi connectivity index (χ0n) is 12.3. The summed E-state index contributed by atoms with van der Waals surface area (Å²) >= 11 is 0. The summed E-state index contributed by atoms with van der Waals surface area (Å²) in [5, 5.41) is 7.84. The van der Waals surface area contributed by atoms with Crippen LogP contribution in [0.4, 0.5) is 0 Å². The molecule has 110 valence electrons. The van der Waals surface area contributed by atoms with E-state index in [2.05, 4.69) is 10.2 Å². The third kappa shape index (κ3) is 4.02. The number of amides is 1. The molecule has 0 atom stereocenters. The van der Waals surface area contributed by atoms with E-state index < -0.39 is 0 Å². The minimum absolute atomic E-state index is 0.128. The second-order valence-electron chi connectivity index (χ2n) is 4.49. The Morgan fingerprint density at radius 3 is 2.43 bits per heavy atom. The Hall–Kier alpha value is -2.43. The number of rotatable bonds is 6. The molecule has 21 heavy (non-hydrogen) atoms. The molecule has 5 heteroatoms. The van der Waals surface area contributed by atoms with Crippen LogP contribution in [0.2, 0.25) is 0 Å². The summed E-state index contributed by atoms with van der Waals surface area (Å²) in [5.41, 5.74) is 1.42. The molecule has 0 N–H and O–H groups in total. The van der Waals surface area contributed by atoms with Crippen LogP contribution in [0, 0.1) is 0 Å². The van der Waals surface area contributed by atoms with Crippen LogP contribution in [-0.4, -0.2) is 34.2 Å². The maximum atomic E-state index is 12.4. The highest BCUT2D eigenvalue weighted by Crippen LogP contribution is 2.10. The summed E-state index contributed by atoms with van der Waals surface area (Å²) in [6.07, 6.45) is 0. The van der Waals surface area contributed by atoms with Crippen LogP contribution in [0.3, 0.4) is 0 Å². The number of carbonyl (C=O) groups excluding carboxylic acids is 1. The molecule has 0 aliphatic heterocycles. The van der Waals surface area contributed by atoms with Crippen molar-refractivity contribution in [1.29, 1.82) is 0 Å². The summed E-state index contributed by atoms with van der Waals surface area (Å²) < 4.78 is 5.22. The third-order valence-electron chi connectivity index (χ3n) is 3.04. The van der Waals surface area contributed by atoms with Crippen molar-refractivity contribution in [2.24, 2.45) is 0 Å². The summed E-state index contributed by atoms with van der Waals surface area (Å²) in [7, 11) is 0. The SMILES string of the molecule is CCOc1ccc(C(=O)N(CC)Cc2ccccc2)nn1. The lowest BCUT2D eigenvalue weighted by atomic mass is 10.2. The minimum atomic E-state index is -0.128. The summed E-state index contributed by atoms with van der Waals surface area (Å²) in [6.45, 7) is 5.52. The van der Waals surface area contributed by atoms with Gasteiger partial charge in [0.05, 0.1) is 6.61 Å². The van der Waals surface area contributed by atoms with Gasteiger partial charge in [0.1, 0.15) is 0 Å². The third-order valence-corrected chi connectivity index (χ3v) is 3.04. The number of aromatic nitrogens is 2. The molecule has 2 rings (SSSR count).